The lowest BCUT2D eigenvalue weighted by molar-refractivity contribution is -0.114. The van der Waals surface area contributed by atoms with E-state index in [1.165, 1.54) is 11.0 Å². The molecule has 0 saturated carbocycles. The zero-order valence-electron chi connectivity index (χ0n) is 15.6. The highest BCUT2D eigenvalue weighted by molar-refractivity contribution is 7.17. The van der Waals surface area contributed by atoms with E-state index in [9.17, 15) is 9.59 Å². The van der Waals surface area contributed by atoms with Crippen LogP contribution >= 0.6 is 11.3 Å². The molecular weight excluding hydrogens is 376 g/mol. The van der Waals surface area contributed by atoms with Crippen LogP contribution in [0.25, 0.3) is 6.08 Å². The number of carbonyl (C=O) groups excluding carboxylic acids is 2. The summed E-state index contributed by atoms with van der Waals surface area (Å²) in [6.45, 7) is 4.09. The molecule has 0 unspecified atom stereocenters. The first-order valence-corrected chi connectivity index (χ1v) is 9.61. The molecule has 0 fully saturated rings. The Morgan fingerprint density at radius 3 is 2.68 bits per heavy atom. The van der Waals surface area contributed by atoms with Gasteiger partial charge in [-0.3, -0.25) is 9.69 Å². The Hall–Kier alpha value is -3.19. The zero-order valence-corrected chi connectivity index (χ0v) is 16.4. The van der Waals surface area contributed by atoms with Crippen molar-refractivity contribution in [2.45, 2.75) is 20.4 Å². The van der Waals surface area contributed by atoms with Gasteiger partial charge in [-0.15, -0.1) is 0 Å². The first kappa shape index (κ1) is 19.6. The van der Waals surface area contributed by atoms with Crippen LogP contribution in [0, 0.1) is 6.92 Å². The third-order valence-corrected chi connectivity index (χ3v) is 5.02. The highest BCUT2D eigenvalue weighted by atomic mass is 32.1. The number of benzene rings is 1. The number of amides is 1. The third-order valence-electron chi connectivity index (χ3n) is 3.86. The molecule has 0 bridgehead atoms. The zero-order chi connectivity index (χ0) is 19.9. The lowest BCUT2D eigenvalue weighted by Crippen LogP contribution is -2.28. The van der Waals surface area contributed by atoms with Crippen molar-refractivity contribution in [1.82, 2.24) is 4.98 Å². The van der Waals surface area contributed by atoms with Gasteiger partial charge in [0.2, 0.25) is 0 Å². The van der Waals surface area contributed by atoms with Gasteiger partial charge in [0, 0.05) is 6.08 Å². The van der Waals surface area contributed by atoms with E-state index in [1.54, 1.807) is 38.3 Å². The van der Waals surface area contributed by atoms with Crippen molar-refractivity contribution in [3.05, 3.63) is 76.7 Å². The van der Waals surface area contributed by atoms with Gasteiger partial charge in [0.1, 0.15) is 10.6 Å². The Morgan fingerprint density at radius 1 is 1.21 bits per heavy atom. The van der Waals surface area contributed by atoms with E-state index in [0.29, 0.717) is 28.0 Å². The predicted molar refractivity (Wildman–Crippen MR) is 108 cm³/mol. The quantitative estimate of drug-likeness (QED) is 0.435. The molecule has 0 aliphatic heterocycles. The fourth-order valence-corrected chi connectivity index (χ4v) is 3.48. The van der Waals surface area contributed by atoms with Gasteiger partial charge < -0.3 is 9.15 Å². The standard InChI is InChI=1S/C21H20N2O4S/c1-3-26-20(25)19-15(2)22-21(28-19)23(14-16-8-5-4-6-9-16)18(24)12-11-17-10-7-13-27-17/h4-13H,3,14H2,1-2H3/b12-11+. The molecule has 2 heterocycles. The van der Waals surface area contributed by atoms with Crippen LogP contribution in [0.1, 0.15) is 33.6 Å². The van der Waals surface area contributed by atoms with Crippen LogP contribution in [0.4, 0.5) is 5.13 Å². The summed E-state index contributed by atoms with van der Waals surface area (Å²) in [5.41, 5.74) is 1.49. The number of anilines is 1. The molecule has 3 aromatic rings. The average molecular weight is 396 g/mol. The number of rotatable bonds is 7. The van der Waals surface area contributed by atoms with Gasteiger partial charge in [0.25, 0.3) is 5.91 Å². The van der Waals surface area contributed by atoms with E-state index in [1.807, 2.05) is 30.3 Å². The van der Waals surface area contributed by atoms with Gasteiger partial charge in [-0.2, -0.15) is 0 Å². The van der Waals surface area contributed by atoms with Crippen molar-refractivity contribution < 1.29 is 18.7 Å². The van der Waals surface area contributed by atoms with Crippen LogP contribution in [-0.2, 0) is 16.1 Å². The van der Waals surface area contributed by atoms with E-state index >= 15 is 0 Å². The number of aromatic nitrogens is 1. The second kappa shape index (κ2) is 9.14. The highest BCUT2D eigenvalue weighted by Crippen LogP contribution is 2.28. The summed E-state index contributed by atoms with van der Waals surface area (Å²) in [5, 5.41) is 0.443. The minimum atomic E-state index is -0.429. The number of aryl methyl sites for hydroxylation is 1. The van der Waals surface area contributed by atoms with Crippen molar-refractivity contribution in [2.75, 3.05) is 11.5 Å². The van der Waals surface area contributed by atoms with E-state index in [-0.39, 0.29) is 12.5 Å². The van der Waals surface area contributed by atoms with Crippen LogP contribution in [0.5, 0.6) is 0 Å². The highest BCUT2D eigenvalue weighted by Gasteiger charge is 2.23. The SMILES string of the molecule is CCOC(=O)c1sc(N(Cc2ccccc2)C(=O)/C=C/c2ccco2)nc1C. The first-order chi connectivity index (χ1) is 13.6. The van der Waals surface area contributed by atoms with Gasteiger partial charge in [0.15, 0.2) is 5.13 Å². The molecule has 0 atom stereocenters. The minimum absolute atomic E-state index is 0.260. The molecule has 0 N–H and O–H groups in total. The number of furan rings is 1. The Balaban J connectivity index is 1.90. The average Bonchev–Trinajstić information content (AvgIpc) is 3.35. The maximum atomic E-state index is 12.9. The van der Waals surface area contributed by atoms with Crippen LogP contribution in [-0.4, -0.2) is 23.5 Å². The van der Waals surface area contributed by atoms with E-state index < -0.39 is 5.97 Å². The van der Waals surface area contributed by atoms with E-state index in [4.69, 9.17) is 9.15 Å². The second-order valence-electron chi connectivity index (χ2n) is 5.89. The van der Waals surface area contributed by atoms with Gasteiger partial charge in [-0.1, -0.05) is 41.7 Å². The molecule has 0 radical (unpaired) electrons. The number of hydrogen-bond donors (Lipinski definition) is 0. The van der Waals surface area contributed by atoms with E-state index in [2.05, 4.69) is 4.98 Å². The number of thiazole rings is 1. The van der Waals surface area contributed by atoms with Gasteiger partial charge in [-0.05, 0) is 37.6 Å². The smallest absolute Gasteiger partial charge is 0.350 e. The van der Waals surface area contributed by atoms with Crippen molar-refractivity contribution >= 4 is 34.4 Å². The molecule has 0 spiro atoms. The Labute approximate surface area is 167 Å². The molecule has 28 heavy (non-hydrogen) atoms. The van der Waals surface area contributed by atoms with Gasteiger partial charge in [0.05, 0.1) is 25.1 Å². The molecule has 0 saturated heterocycles. The number of esters is 1. The Bertz CT molecular complexity index is 962. The lowest BCUT2D eigenvalue weighted by atomic mass is 10.2. The summed E-state index contributed by atoms with van der Waals surface area (Å²) in [6, 6.07) is 13.1. The van der Waals surface area contributed by atoms with Crippen molar-refractivity contribution in [2.24, 2.45) is 0 Å². The van der Waals surface area contributed by atoms with Gasteiger partial charge in [-0.25, -0.2) is 9.78 Å². The third kappa shape index (κ3) is 4.75. The van der Waals surface area contributed by atoms with Crippen molar-refractivity contribution in [1.29, 1.82) is 0 Å². The number of ether oxygens (including phenoxy) is 1. The Morgan fingerprint density at radius 2 is 2.00 bits per heavy atom. The molecule has 2 aromatic heterocycles. The first-order valence-electron chi connectivity index (χ1n) is 8.80. The summed E-state index contributed by atoms with van der Waals surface area (Å²) >= 11 is 1.15. The molecule has 144 valence electrons. The van der Waals surface area contributed by atoms with Crippen LogP contribution < -0.4 is 4.90 Å². The minimum Gasteiger partial charge on any atom is -0.465 e. The molecule has 1 aromatic carbocycles. The monoisotopic (exact) mass is 396 g/mol. The molecule has 3 rings (SSSR count). The fourth-order valence-electron chi connectivity index (χ4n) is 2.52. The maximum Gasteiger partial charge on any atom is 0.350 e. The van der Waals surface area contributed by atoms with Gasteiger partial charge >= 0.3 is 5.97 Å². The largest absolute Gasteiger partial charge is 0.465 e. The van der Waals surface area contributed by atoms with Crippen LogP contribution in [0.15, 0.2) is 59.2 Å². The molecule has 1 amide bonds. The summed E-state index contributed by atoms with van der Waals surface area (Å²) < 4.78 is 10.3. The normalized spacial score (nSPS) is 10.9. The summed E-state index contributed by atoms with van der Waals surface area (Å²) in [7, 11) is 0. The molecule has 0 aliphatic rings. The lowest BCUT2D eigenvalue weighted by Gasteiger charge is -2.18. The predicted octanol–water partition coefficient (Wildman–Crippen LogP) is 4.47. The Kier molecular flexibility index (Phi) is 6.39. The topological polar surface area (TPSA) is 72.6 Å². The molecular formula is C21H20N2O4S. The number of hydrogen-bond acceptors (Lipinski definition) is 6. The molecule has 7 heteroatoms. The van der Waals surface area contributed by atoms with Crippen LogP contribution in [0.3, 0.4) is 0 Å². The second-order valence-corrected chi connectivity index (χ2v) is 6.87. The maximum absolute atomic E-state index is 12.9. The van der Waals surface area contributed by atoms with Crippen molar-refractivity contribution in [3.8, 4) is 0 Å². The summed E-state index contributed by atoms with van der Waals surface area (Å²) in [5.74, 6) is -0.109. The van der Waals surface area contributed by atoms with Crippen molar-refractivity contribution in [3.63, 3.8) is 0 Å². The van der Waals surface area contributed by atoms with Crippen LogP contribution in [0.2, 0.25) is 0 Å². The summed E-state index contributed by atoms with van der Waals surface area (Å²) in [6.07, 6.45) is 4.58. The molecule has 6 nitrogen and oxygen atoms in total. The number of nitrogens with zero attached hydrogens (tertiary/aromatic N) is 2. The van der Waals surface area contributed by atoms with E-state index in [0.717, 1.165) is 16.9 Å². The summed E-state index contributed by atoms with van der Waals surface area (Å²) in [4.78, 5) is 31.4. The molecule has 0 aliphatic carbocycles. The fraction of sp³-hybridized carbons (Fsp3) is 0.190. The number of carbonyl (C=O) groups is 2.